The van der Waals surface area contributed by atoms with Crippen LogP contribution >= 0.6 is 0 Å². The van der Waals surface area contributed by atoms with Crippen LogP contribution in [0.5, 0.6) is 0 Å². The van der Waals surface area contributed by atoms with Crippen LogP contribution in [0.15, 0.2) is 0 Å². The average molecular weight is 238 g/mol. The summed E-state index contributed by atoms with van der Waals surface area (Å²) in [6.07, 6.45) is 7.03. The zero-order valence-electron chi connectivity index (χ0n) is 10.6. The van der Waals surface area contributed by atoms with E-state index in [-0.39, 0.29) is 23.3 Å². The van der Waals surface area contributed by atoms with Crippen molar-refractivity contribution in [1.82, 2.24) is 10.6 Å². The fourth-order valence-electron chi connectivity index (χ4n) is 2.81. The Kier molecular flexibility index (Phi) is 3.69. The average Bonchev–Trinajstić information content (AvgIpc) is 2.30. The van der Waals surface area contributed by atoms with Gasteiger partial charge >= 0.3 is 0 Å². The highest BCUT2D eigenvalue weighted by Gasteiger charge is 2.32. The largest absolute Gasteiger partial charge is 0.355 e. The Morgan fingerprint density at radius 2 is 2.06 bits per heavy atom. The van der Waals surface area contributed by atoms with E-state index in [4.69, 9.17) is 0 Å². The number of nitrogens with one attached hydrogen (secondary N) is 2. The van der Waals surface area contributed by atoms with Gasteiger partial charge in [0.15, 0.2) is 0 Å². The van der Waals surface area contributed by atoms with Crippen molar-refractivity contribution < 1.29 is 9.59 Å². The highest BCUT2D eigenvalue weighted by molar-refractivity contribution is 5.84. The minimum atomic E-state index is -0.0357. The van der Waals surface area contributed by atoms with E-state index in [1.54, 1.807) is 0 Å². The van der Waals surface area contributed by atoms with Gasteiger partial charge in [-0.2, -0.15) is 0 Å². The number of amides is 2. The number of carbonyl (C=O) groups is 2. The van der Waals surface area contributed by atoms with Crippen LogP contribution in [0.3, 0.4) is 0 Å². The van der Waals surface area contributed by atoms with E-state index < -0.39 is 0 Å². The molecule has 1 atom stereocenters. The highest BCUT2D eigenvalue weighted by Crippen LogP contribution is 2.28. The lowest BCUT2D eigenvalue weighted by Crippen LogP contribution is -2.52. The molecule has 17 heavy (non-hydrogen) atoms. The summed E-state index contributed by atoms with van der Waals surface area (Å²) in [4.78, 5) is 23.2. The van der Waals surface area contributed by atoms with Crippen LogP contribution in [-0.4, -0.2) is 23.9 Å². The highest BCUT2D eigenvalue weighted by atomic mass is 16.2. The van der Waals surface area contributed by atoms with Gasteiger partial charge in [0.2, 0.25) is 11.8 Å². The number of hydrogen-bond donors (Lipinski definition) is 2. The first kappa shape index (κ1) is 12.4. The zero-order chi connectivity index (χ0) is 12.3. The zero-order valence-corrected chi connectivity index (χ0v) is 10.6. The molecule has 1 aliphatic carbocycles. The molecule has 2 rings (SSSR count). The first-order chi connectivity index (χ1) is 8.09. The Balaban J connectivity index is 1.85. The fourth-order valence-corrected chi connectivity index (χ4v) is 2.81. The molecule has 0 spiro atoms. The summed E-state index contributed by atoms with van der Waals surface area (Å²) in [5.74, 6) is 0.152. The van der Waals surface area contributed by atoms with Crippen molar-refractivity contribution in [2.24, 2.45) is 5.92 Å². The number of rotatable bonds is 2. The Morgan fingerprint density at radius 3 is 2.65 bits per heavy atom. The molecule has 96 valence electrons. The third-order valence-corrected chi connectivity index (χ3v) is 4.02. The predicted octanol–water partition coefficient (Wildman–Crippen LogP) is 1.35. The molecule has 2 amide bonds. The van der Waals surface area contributed by atoms with Gasteiger partial charge in [-0.15, -0.1) is 0 Å². The van der Waals surface area contributed by atoms with E-state index in [1.165, 1.54) is 19.3 Å². The van der Waals surface area contributed by atoms with Crippen LogP contribution in [0.25, 0.3) is 0 Å². The molecule has 2 fully saturated rings. The van der Waals surface area contributed by atoms with Gasteiger partial charge in [0, 0.05) is 18.5 Å². The van der Waals surface area contributed by atoms with Crippen LogP contribution in [0.2, 0.25) is 0 Å². The van der Waals surface area contributed by atoms with E-state index in [0.29, 0.717) is 19.4 Å². The van der Waals surface area contributed by atoms with Crippen molar-refractivity contribution in [3.63, 3.8) is 0 Å². The van der Waals surface area contributed by atoms with Gasteiger partial charge in [0.05, 0.1) is 5.92 Å². The number of carbonyl (C=O) groups excluding carboxylic acids is 2. The van der Waals surface area contributed by atoms with Crippen LogP contribution in [-0.2, 0) is 9.59 Å². The standard InChI is InChI=1S/C13H22N2O2/c1-13(7-3-2-4-8-13)15-12(17)10-5-6-11(16)14-9-10/h10H,2-9H2,1H3,(H,14,16)(H,15,17). The van der Waals surface area contributed by atoms with Gasteiger partial charge in [-0.1, -0.05) is 19.3 Å². The molecule has 0 aromatic heterocycles. The Labute approximate surface area is 103 Å². The monoisotopic (exact) mass is 238 g/mol. The topological polar surface area (TPSA) is 58.2 Å². The molecule has 4 nitrogen and oxygen atoms in total. The molecule has 0 aromatic rings. The molecule has 1 heterocycles. The summed E-state index contributed by atoms with van der Waals surface area (Å²) < 4.78 is 0. The minimum Gasteiger partial charge on any atom is -0.355 e. The second kappa shape index (κ2) is 5.07. The molecule has 2 aliphatic rings. The molecular weight excluding hydrogens is 216 g/mol. The third kappa shape index (κ3) is 3.20. The molecule has 2 N–H and O–H groups in total. The van der Waals surface area contributed by atoms with Gasteiger partial charge in [-0.25, -0.2) is 0 Å². The summed E-state index contributed by atoms with van der Waals surface area (Å²) in [5, 5.41) is 5.95. The van der Waals surface area contributed by atoms with Crippen molar-refractivity contribution >= 4 is 11.8 Å². The van der Waals surface area contributed by atoms with Crippen LogP contribution in [0.4, 0.5) is 0 Å². The summed E-state index contributed by atoms with van der Waals surface area (Å²) in [6.45, 7) is 2.65. The van der Waals surface area contributed by atoms with E-state index in [1.807, 2.05) is 0 Å². The van der Waals surface area contributed by atoms with Gasteiger partial charge in [0.25, 0.3) is 0 Å². The Bertz CT molecular complexity index is 299. The quantitative estimate of drug-likeness (QED) is 0.763. The lowest BCUT2D eigenvalue weighted by molar-refractivity contribution is -0.130. The van der Waals surface area contributed by atoms with E-state index >= 15 is 0 Å². The number of hydrogen-bond acceptors (Lipinski definition) is 2. The SMILES string of the molecule is CC1(NC(=O)C2CCC(=O)NC2)CCCCC1. The summed E-state index contributed by atoms with van der Waals surface area (Å²) in [6, 6.07) is 0. The van der Waals surface area contributed by atoms with Gasteiger partial charge in [-0.05, 0) is 26.2 Å². The van der Waals surface area contributed by atoms with Crippen molar-refractivity contribution in [3.8, 4) is 0 Å². The van der Waals surface area contributed by atoms with Gasteiger partial charge in [-0.3, -0.25) is 9.59 Å². The normalized spacial score (nSPS) is 28.3. The Morgan fingerprint density at radius 1 is 1.35 bits per heavy atom. The lowest BCUT2D eigenvalue weighted by Gasteiger charge is -2.36. The lowest BCUT2D eigenvalue weighted by atomic mass is 9.82. The summed E-state index contributed by atoms with van der Waals surface area (Å²) in [7, 11) is 0. The fraction of sp³-hybridized carbons (Fsp3) is 0.846. The molecular formula is C13H22N2O2. The van der Waals surface area contributed by atoms with E-state index in [2.05, 4.69) is 17.6 Å². The van der Waals surface area contributed by atoms with Crippen molar-refractivity contribution in [2.45, 2.75) is 57.4 Å². The van der Waals surface area contributed by atoms with Crippen molar-refractivity contribution in [3.05, 3.63) is 0 Å². The van der Waals surface area contributed by atoms with Crippen molar-refractivity contribution in [1.29, 1.82) is 0 Å². The van der Waals surface area contributed by atoms with Crippen LogP contribution in [0, 0.1) is 5.92 Å². The van der Waals surface area contributed by atoms with Crippen molar-refractivity contribution in [2.75, 3.05) is 6.54 Å². The smallest absolute Gasteiger partial charge is 0.225 e. The molecule has 0 radical (unpaired) electrons. The number of piperidine rings is 1. The van der Waals surface area contributed by atoms with Crippen LogP contribution < -0.4 is 10.6 Å². The Hall–Kier alpha value is -1.06. The second-order valence-electron chi connectivity index (χ2n) is 5.65. The first-order valence-corrected chi connectivity index (χ1v) is 6.68. The molecule has 1 unspecified atom stereocenters. The molecule has 1 saturated carbocycles. The maximum Gasteiger partial charge on any atom is 0.225 e. The molecule has 0 bridgehead atoms. The minimum absolute atomic E-state index is 0.0171. The molecule has 1 aliphatic heterocycles. The van der Waals surface area contributed by atoms with E-state index in [9.17, 15) is 9.59 Å². The molecule has 0 aromatic carbocycles. The first-order valence-electron chi connectivity index (χ1n) is 6.68. The summed E-state index contributed by atoms with van der Waals surface area (Å²) in [5.41, 5.74) is -0.0171. The molecule has 1 saturated heterocycles. The third-order valence-electron chi connectivity index (χ3n) is 4.02. The molecule has 4 heteroatoms. The second-order valence-corrected chi connectivity index (χ2v) is 5.65. The van der Waals surface area contributed by atoms with Gasteiger partial charge in [0.1, 0.15) is 0 Å². The maximum absolute atomic E-state index is 12.1. The van der Waals surface area contributed by atoms with Gasteiger partial charge < -0.3 is 10.6 Å². The van der Waals surface area contributed by atoms with E-state index in [0.717, 1.165) is 12.8 Å². The van der Waals surface area contributed by atoms with Crippen LogP contribution in [0.1, 0.15) is 51.9 Å². The predicted molar refractivity (Wildman–Crippen MR) is 65.4 cm³/mol. The maximum atomic E-state index is 12.1. The summed E-state index contributed by atoms with van der Waals surface area (Å²) >= 11 is 0.